The average molecular weight is 464 g/mol. The van der Waals surface area contributed by atoms with Gasteiger partial charge in [0.2, 0.25) is 0 Å². The summed E-state index contributed by atoms with van der Waals surface area (Å²) in [6.07, 6.45) is 4.74. The fraction of sp³-hybridized carbons (Fsp3) is 0.417. The van der Waals surface area contributed by atoms with Crippen molar-refractivity contribution in [3.05, 3.63) is 42.4 Å². The largest absolute Gasteiger partial charge is 0.368 e. The average Bonchev–Trinajstić information content (AvgIpc) is 3.50. The second kappa shape index (κ2) is 9.30. The summed E-state index contributed by atoms with van der Waals surface area (Å²) in [7, 11) is 0. The summed E-state index contributed by atoms with van der Waals surface area (Å²) < 4.78 is 5.44. The summed E-state index contributed by atoms with van der Waals surface area (Å²) in [6, 6.07) is 7.00. The number of carbonyl (C=O) groups is 2. The Morgan fingerprint density at radius 1 is 1.18 bits per heavy atom. The predicted octanol–water partition coefficient (Wildman–Crippen LogP) is 3.13. The highest BCUT2D eigenvalue weighted by molar-refractivity contribution is 5.96. The molecule has 5 rings (SSSR count). The quantitative estimate of drug-likeness (QED) is 0.548. The minimum atomic E-state index is -0.401. The van der Waals surface area contributed by atoms with E-state index in [-0.39, 0.29) is 18.0 Å². The van der Waals surface area contributed by atoms with E-state index in [1.807, 2.05) is 37.1 Å². The number of anilines is 3. The molecular formula is C24H29N7O3. The molecule has 2 saturated heterocycles. The lowest BCUT2D eigenvalue weighted by atomic mass is 10.1. The molecule has 34 heavy (non-hydrogen) atoms. The van der Waals surface area contributed by atoms with Crippen LogP contribution in [0.2, 0.25) is 0 Å². The molecule has 2 fully saturated rings. The monoisotopic (exact) mass is 463 g/mol. The molecule has 3 amide bonds. The van der Waals surface area contributed by atoms with Crippen LogP contribution in [0.1, 0.15) is 25.3 Å². The molecule has 2 aromatic heterocycles. The molecule has 10 heteroatoms. The molecule has 4 heterocycles. The molecule has 3 aromatic rings. The topological polar surface area (TPSA) is 115 Å². The Kier molecular flexibility index (Phi) is 6.06. The van der Waals surface area contributed by atoms with E-state index in [2.05, 4.69) is 30.5 Å². The first-order chi connectivity index (χ1) is 16.5. The third-order valence-corrected chi connectivity index (χ3v) is 6.44. The molecule has 2 aliphatic heterocycles. The van der Waals surface area contributed by atoms with E-state index in [0.29, 0.717) is 37.6 Å². The summed E-state index contributed by atoms with van der Waals surface area (Å²) in [5, 5.41) is 6.87. The zero-order valence-electron chi connectivity index (χ0n) is 19.4. The molecule has 0 spiro atoms. The molecule has 2 atom stereocenters. The van der Waals surface area contributed by atoms with Crippen LogP contribution >= 0.6 is 0 Å². The Morgan fingerprint density at radius 3 is 2.76 bits per heavy atom. The van der Waals surface area contributed by atoms with Crippen molar-refractivity contribution in [2.45, 2.75) is 38.8 Å². The van der Waals surface area contributed by atoms with Crippen LogP contribution in [0.3, 0.4) is 0 Å². The zero-order chi connectivity index (χ0) is 23.7. The number of hydrogen-bond acceptors (Lipinski definition) is 6. The van der Waals surface area contributed by atoms with Gasteiger partial charge in [0.15, 0.2) is 0 Å². The Labute approximate surface area is 197 Å². The van der Waals surface area contributed by atoms with Crippen molar-refractivity contribution in [2.24, 2.45) is 0 Å². The van der Waals surface area contributed by atoms with E-state index in [9.17, 15) is 9.59 Å². The first-order valence-corrected chi connectivity index (χ1v) is 11.6. The smallest absolute Gasteiger partial charge is 0.322 e. The molecule has 0 aliphatic carbocycles. The number of hydrogen-bond donors (Lipinski definition) is 3. The van der Waals surface area contributed by atoms with Gasteiger partial charge in [0.25, 0.3) is 5.91 Å². The van der Waals surface area contributed by atoms with Crippen molar-refractivity contribution in [1.29, 1.82) is 0 Å². The number of amides is 3. The minimum Gasteiger partial charge on any atom is -0.368 e. The molecule has 0 bridgehead atoms. The van der Waals surface area contributed by atoms with Gasteiger partial charge in [0, 0.05) is 49.9 Å². The highest BCUT2D eigenvalue weighted by Crippen LogP contribution is 2.28. The number of benzene rings is 1. The number of nitrogens with zero attached hydrogens (tertiary/aromatic N) is 4. The number of fused-ring (bicyclic) bond motifs is 1. The Morgan fingerprint density at radius 2 is 2.00 bits per heavy atom. The number of carbonyl (C=O) groups excluding carboxylic acids is 2. The Balaban J connectivity index is 1.22. The molecule has 0 radical (unpaired) electrons. The summed E-state index contributed by atoms with van der Waals surface area (Å²) in [5.41, 5.74) is 3.18. The maximum atomic E-state index is 13.0. The number of nitrogens with one attached hydrogen (secondary N) is 3. The second-order valence-electron chi connectivity index (χ2n) is 8.88. The summed E-state index contributed by atoms with van der Waals surface area (Å²) in [6.45, 7) is 6.60. The fourth-order valence-electron chi connectivity index (χ4n) is 4.67. The maximum absolute atomic E-state index is 13.0. The van der Waals surface area contributed by atoms with Gasteiger partial charge in [0.05, 0.1) is 5.39 Å². The molecular weight excluding hydrogens is 434 g/mol. The van der Waals surface area contributed by atoms with E-state index < -0.39 is 6.10 Å². The summed E-state index contributed by atoms with van der Waals surface area (Å²) >= 11 is 0. The maximum Gasteiger partial charge on any atom is 0.322 e. The summed E-state index contributed by atoms with van der Waals surface area (Å²) in [4.78, 5) is 41.4. The molecule has 3 N–H and O–H groups in total. The van der Waals surface area contributed by atoms with Gasteiger partial charge >= 0.3 is 6.03 Å². The first-order valence-electron chi connectivity index (χ1n) is 11.6. The summed E-state index contributed by atoms with van der Waals surface area (Å²) in [5.74, 6) is 0.743. The Bertz CT molecular complexity index is 1200. The lowest BCUT2D eigenvalue weighted by Gasteiger charge is -2.40. The van der Waals surface area contributed by atoms with E-state index in [4.69, 9.17) is 4.74 Å². The van der Waals surface area contributed by atoms with Crippen LogP contribution in [0, 0.1) is 6.92 Å². The van der Waals surface area contributed by atoms with Crippen LogP contribution in [0.5, 0.6) is 0 Å². The van der Waals surface area contributed by atoms with Crippen molar-refractivity contribution in [3.63, 3.8) is 0 Å². The van der Waals surface area contributed by atoms with Crippen LogP contribution in [0.25, 0.3) is 11.0 Å². The van der Waals surface area contributed by atoms with Gasteiger partial charge < -0.3 is 30.2 Å². The van der Waals surface area contributed by atoms with Gasteiger partial charge in [0.1, 0.15) is 23.9 Å². The third kappa shape index (κ3) is 4.41. The van der Waals surface area contributed by atoms with Gasteiger partial charge in [-0.05, 0) is 50.5 Å². The highest BCUT2D eigenvalue weighted by Gasteiger charge is 2.29. The van der Waals surface area contributed by atoms with Crippen molar-refractivity contribution in [2.75, 3.05) is 41.8 Å². The third-order valence-electron chi connectivity index (χ3n) is 6.44. The van der Waals surface area contributed by atoms with Crippen LogP contribution in [-0.2, 0) is 9.53 Å². The molecule has 10 nitrogen and oxygen atoms in total. The van der Waals surface area contributed by atoms with E-state index in [0.717, 1.165) is 35.3 Å². The number of H-pyrrole nitrogens is 1. The SMILES string of the molecule is Cc1c[nH]c2ncnc(N3CCN(C(=O)Nc4cccc(NC(=O)[C@@H]5CCCO5)c4)C(C)C3)c12. The van der Waals surface area contributed by atoms with Crippen LogP contribution < -0.4 is 15.5 Å². The van der Waals surface area contributed by atoms with Crippen molar-refractivity contribution < 1.29 is 14.3 Å². The highest BCUT2D eigenvalue weighted by atomic mass is 16.5. The van der Waals surface area contributed by atoms with Gasteiger partial charge in [-0.25, -0.2) is 14.8 Å². The van der Waals surface area contributed by atoms with E-state index in [1.165, 1.54) is 0 Å². The first kappa shape index (κ1) is 22.1. The van der Waals surface area contributed by atoms with E-state index >= 15 is 0 Å². The van der Waals surface area contributed by atoms with E-state index in [1.54, 1.807) is 18.5 Å². The van der Waals surface area contributed by atoms with Crippen LogP contribution in [0.4, 0.5) is 22.0 Å². The van der Waals surface area contributed by atoms with Gasteiger partial charge in [-0.3, -0.25) is 4.79 Å². The Hall–Kier alpha value is -3.66. The van der Waals surface area contributed by atoms with Crippen molar-refractivity contribution in [3.8, 4) is 0 Å². The lowest BCUT2D eigenvalue weighted by molar-refractivity contribution is -0.124. The fourth-order valence-corrected chi connectivity index (χ4v) is 4.67. The number of aromatic amines is 1. The van der Waals surface area contributed by atoms with Crippen molar-refractivity contribution in [1.82, 2.24) is 19.9 Å². The molecule has 1 aromatic carbocycles. The normalized spacial score (nSPS) is 20.5. The molecule has 178 valence electrons. The van der Waals surface area contributed by atoms with Gasteiger partial charge in [-0.15, -0.1) is 0 Å². The number of aryl methyl sites for hydroxylation is 1. The number of piperazine rings is 1. The predicted molar refractivity (Wildman–Crippen MR) is 130 cm³/mol. The lowest BCUT2D eigenvalue weighted by Crippen LogP contribution is -2.55. The molecule has 2 aliphatic rings. The molecule has 0 saturated carbocycles. The number of urea groups is 1. The van der Waals surface area contributed by atoms with Crippen molar-refractivity contribution >= 4 is 40.2 Å². The molecule has 1 unspecified atom stereocenters. The second-order valence-corrected chi connectivity index (χ2v) is 8.88. The number of aromatic nitrogens is 3. The number of ether oxygens (including phenoxy) is 1. The van der Waals surface area contributed by atoms with Crippen LogP contribution in [0.15, 0.2) is 36.8 Å². The van der Waals surface area contributed by atoms with Crippen LogP contribution in [-0.4, -0.2) is 70.2 Å². The standard InChI is InChI=1S/C24H29N7O3/c1-15-12-25-21-20(15)22(27-14-26-21)30-8-9-31(16(2)13-30)24(33)29-18-6-3-5-17(11-18)28-23(32)19-7-4-10-34-19/h3,5-6,11-12,14,16,19H,4,7-10,13H2,1-2H3,(H,28,32)(H,29,33)(H,25,26,27)/t16?,19-/m0/s1. The number of rotatable bonds is 4. The van der Waals surface area contributed by atoms with Gasteiger partial charge in [-0.2, -0.15) is 0 Å². The minimum absolute atomic E-state index is 0.0135. The zero-order valence-corrected chi connectivity index (χ0v) is 19.4. The van der Waals surface area contributed by atoms with Gasteiger partial charge in [-0.1, -0.05) is 6.07 Å².